The molecule has 6 nitrogen and oxygen atoms in total. The summed E-state index contributed by atoms with van der Waals surface area (Å²) in [6.45, 7) is 5.17. The highest BCUT2D eigenvalue weighted by molar-refractivity contribution is 5.74. The Hall–Kier alpha value is -1.82. The summed E-state index contributed by atoms with van der Waals surface area (Å²) in [6.07, 6.45) is 5.05. The molecule has 2 heterocycles. The number of nitrogens with zero attached hydrogens (tertiary/aromatic N) is 3. The zero-order valence-electron chi connectivity index (χ0n) is 15.4. The third kappa shape index (κ3) is 4.42. The van der Waals surface area contributed by atoms with Crippen molar-refractivity contribution in [3.63, 3.8) is 0 Å². The fraction of sp³-hybridized carbons (Fsp3) is 0.684. The summed E-state index contributed by atoms with van der Waals surface area (Å²) in [5.41, 5.74) is 2.07. The van der Waals surface area contributed by atoms with Gasteiger partial charge in [-0.1, -0.05) is 12.5 Å². The van der Waals surface area contributed by atoms with Crippen LogP contribution in [0.3, 0.4) is 0 Å². The summed E-state index contributed by atoms with van der Waals surface area (Å²) in [7, 11) is 1.80. The number of aromatic nitrogens is 1. The zero-order chi connectivity index (χ0) is 17.8. The molecular formula is C19H30N4O2. The number of amides is 2. The molecule has 2 atom stereocenters. The highest BCUT2D eigenvalue weighted by Gasteiger charge is 2.27. The molecule has 138 valence electrons. The lowest BCUT2D eigenvalue weighted by Crippen LogP contribution is -2.41. The molecule has 1 saturated heterocycles. The van der Waals surface area contributed by atoms with Crippen LogP contribution in [0.15, 0.2) is 12.1 Å². The average Bonchev–Trinajstić information content (AvgIpc) is 3.26. The molecule has 1 aromatic rings. The summed E-state index contributed by atoms with van der Waals surface area (Å²) in [6, 6.07) is 3.98. The maximum atomic E-state index is 12.4. The molecular weight excluding hydrogens is 316 g/mol. The molecule has 1 saturated carbocycles. The Balaban J connectivity index is 1.58. The number of anilines is 1. The quantitative estimate of drug-likeness (QED) is 0.858. The number of hydrogen-bond acceptors (Lipinski definition) is 4. The van der Waals surface area contributed by atoms with E-state index < -0.39 is 0 Å². The molecule has 2 fully saturated rings. The second-order valence-electron chi connectivity index (χ2n) is 7.43. The first-order valence-corrected chi connectivity index (χ1v) is 9.43. The van der Waals surface area contributed by atoms with Crippen molar-refractivity contribution in [1.82, 2.24) is 15.2 Å². The maximum Gasteiger partial charge on any atom is 0.317 e. The van der Waals surface area contributed by atoms with Crippen LogP contribution in [0.2, 0.25) is 0 Å². The highest BCUT2D eigenvalue weighted by atomic mass is 16.3. The first-order valence-electron chi connectivity index (χ1n) is 9.43. The summed E-state index contributed by atoms with van der Waals surface area (Å²) >= 11 is 0. The topological polar surface area (TPSA) is 68.7 Å². The van der Waals surface area contributed by atoms with E-state index in [4.69, 9.17) is 4.98 Å². The van der Waals surface area contributed by atoms with Crippen molar-refractivity contribution in [2.24, 2.45) is 5.92 Å². The molecule has 2 unspecified atom stereocenters. The highest BCUT2D eigenvalue weighted by Crippen LogP contribution is 2.26. The van der Waals surface area contributed by atoms with Crippen molar-refractivity contribution < 1.29 is 9.90 Å². The van der Waals surface area contributed by atoms with Crippen molar-refractivity contribution in [3.8, 4) is 0 Å². The molecule has 1 aliphatic heterocycles. The number of carbonyl (C=O) groups is 1. The normalized spacial score (nSPS) is 23.1. The third-order valence-corrected chi connectivity index (χ3v) is 5.40. The fourth-order valence-electron chi connectivity index (χ4n) is 3.88. The van der Waals surface area contributed by atoms with Gasteiger partial charge in [0.25, 0.3) is 0 Å². The molecule has 0 bridgehead atoms. The Morgan fingerprint density at radius 3 is 2.76 bits per heavy atom. The molecule has 1 aliphatic carbocycles. The van der Waals surface area contributed by atoms with Gasteiger partial charge in [-0.25, -0.2) is 9.78 Å². The van der Waals surface area contributed by atoms with Gasteiger partial charge in [0, 0.05) is 50.4 Å². The Kier molecular flexibility index (Phi) is 5.78. The van der Waals surface area contributed by atoms with Gasteiger partial charge in [0.05, 0.1) is 6.10 Å². The van der Waals surface area contributed by atoms with E-state index in [9.17, 15) is 9.90 Å². The first kappa shape index (κ1) is 18.0. The van der Waals surface area contributed by atoms with Crippen LogP contribution in [-0.4, -0.2) is 53.8 Å². The number of nitrogens with one attached hydrogen (secondary N) is 1. The minimum Gasteiger partial charge on any atom is -0.393 e. The minimum absolute atomic E-state index is 0.0907. The first-order chi connectivity index (χ1) is 12.0. The molecule has 2 aliphatic rings. The standard InChI is InChI=1S/C19H30N4O2/c1-14-8-9-15(18(21-14)23-10-3-4-11-23)12-20-19(25)22(2)13-16-6-5-7-17(16)24/h8-9,16-17,24H,3-7,10-13H2,1-2H3,(H,20,25). The van der Waals surface area contributed by atoms with Gasteiger partial charge in [0.15, 0.2) is 0 Å². The predicted octanol–water partition coefficient (Wildman–Crippen LogP) is 2.29. The van der Waals surface area contributed by atoms with Crippen LogP contribution in [0.25, 0.3) is 0 Å². The summed E-state index contributed by atoms with van der Waals surface area (Å²) in [5, 5.41) is 12.9. The maximum absolute atomic E-state index is 12.4. The van der Waals surface area contributed by atoms with Crippen LogP contribution in [0.1, 0.15) is 43.4 Å². The SMILES string of the molecule is Cc1ccc(CNC(=O)N(C)CC2CCCC2O)c(N2CCCC2)n1. The van der Waals surface area contributed by atoms with Crippen LogP contribution in [0, 0.1) is 12.8 Å². The van der Waals surface area contributed by atoms with Crippen molar-refractivity contribution in [3.05, 3.63) is 23.4 Å². The average molecular weight is 346 g/mol. The number of urea groups is 1. The smallest absolute Gasteiger partial charge is 0.317 e. The Morgan fingerprint density at radius 2 is 2.08 bits per heavy atom. The van der Waals surface area contributed by atoms with Crippen LogP contribution >= 0.6 is 0 Å². The van der Waals surface area contributed by atoms with Gasteiger partial charge in [-0.3, -0.25) is 0 Å². The number of carbonyl (C=O) groups excluding carboxylic acids is 1. The fourth-order valence-corrected chi connectivity index (χ4v) is 3.88. The van der Waals surface area contributed by atoms with Gasteiger partial charge in [-0.2, -0.15) is 0 Å². The molecule has 1 aromatic heterocycles. The number of hydrogen-bond donors (Lipinski definition) is 2. The van der Waals surface area contributed by atoms with Gasteiger partial charge in [0.1, 0.15) is 5.82 Å². The van der Waals surface area contributed by atoms with Crippen molar-refractivity contribution in [2.75, 3.05) is 31.6 Å². The van der Waals surface area contributed by atoms with Gasteiger partial charge in [-0.05, 0) is 38.7 Å². The van der Waals surface area contributed by atoms with E-state index in [1.54, 1.807) is 11.9 Å². The molecule has 0 radical (unpaired) electrons. The molecule has 2 N–H and O–H groups in total. The van der Waals surface area contributed by atoms with Crippen LogP contribution < -0.4 is 10.2 Å². The number of pyridine rings is 1. The molecule has 0 spiro atoms. The largest absolute Gasteiger partial charge is 0.393 e. The van der Waals surface area contributed by atoms with Crippen molar-refractivity contribution >= 4 is 11.8 Å². The third-order valence-electron chi connectivity index (χ3n) is 5.40. The van der Waals surface area contributed by atoms with Gasteiger partial charge >= 0.3 is 6.03 Å². The number of aliphatic hydroxyl groups is 1. The lowest BCUT2D eigenvalue weighted by Gasteiger charge is -2.24. The Morgan fingerprint density at radius 1 is 1.32 bits per heavy atom. The Bertz CT molecular complexity index is 601. The monoisotopic (exact) mass is 346 g/mol. The van der Waals surface area contributed by atoms with Crippen molar-refractivity contribution in [2.45, 2.75) is 51.7 Å². The van der Waals surface area contributed by atoms with E-state index >= 15 is 0 Å². The van der Waals surface area contributed by atoms with E-state index in [2.05, 4.69) is 16.3 Å². The van der Waals surface area contributed by atoms with Gasteiger partial charge < -0.3 is 20.2 Å². The van der Waals surface area contributed by atoms with E-state index in [0.29, 0.717) is 13.1 Å². The summed E-state index contributed by atoms with van der Waals surface area (Å²) in [5.74, 6) is 1.21. The lowest BCUT2D eigenvalue weighted by molar-refractivity contribution is 0.114. The summed E-state index contributed by atoms with van der Waals surface area (Å²) < 4.78 is 0. The van der Waals surface area contributed by atoms with E-state index in [0.717, 1.165) is 49.4 Å². The van der Waals surface area contributed by atoms with Gasteiger partial charge in [0.2, 0.25) is 0 Å². The van der Waals surface area contributed by atoms with Crippen LogP contribution in [0.4, 0.5) is 10.6 Å². The molecule has 3 rings (SSSR count). The summed E-state index contributed by atoms with van der Waals surface area (Å²) in [4.78, 5) is 21.1. The van der Waals surface area contributed by atoms with E-state index in [1.165, 1.54) is 12.8 Å². The number of rotatable bonds is 5. The second-order valence-corrected chi connectivity index (χ2v) is 7.43. The lowest BCUT2D eigenvalue weighted by atomic mass is 10.1. The van der Waals surface area contributed by atoms with Crippen LogP contribution in [-0.2, 0) is 6.54 Å². The van der Waals surface area contributed by atoms with Crippen molar-refractivity contribution in [1.29, 1.82) is 0 Å². The predicted molar refractivity (Wildman–Crippen MR) is 98.6 cm³/mol. The molecule has 0 aromatic carbocycles. The van der Waals surface area contributed by atoms with E-state index in [-0.39, 0.29) is 18.1 Å². The van der Waals surface area contributed by atoms with E-state index in [1.807, 2.05) is 13.0 Å². The van der Waals surface area contributed by atoms with Gasteiger partial charge in [-0.15, -0.1) is 0 Å². The van der Waals surface area contributed by atoms with Crippen LogP contribution in [0.5, 0.6) is 0 Å². The Labute approximate surface area is 150 Å². The minimum atomic E-state index is -0.265. The number of aryl methyl sites for hydroxylation is 1. The molecule has 25 heavy (non-hydrogen) atoms. The molecule has 2 amide bonds. The molecule has 6 heteroatoms. The zero-order valence-corrected chi connectivity index (χ0v) is 15.4. The second kappa shape index (κ2) is 8.04. The number of aliphatic hydroxyl groups excluding tert-OH is 1.